The molecule has 1 N–H and O–H groups in total. The van der Waals surface area contributed by atoms with Crippen LogP contribution in [0, 0.1) is 11.3 Å². The standard InChI is InChI=1S/C10H6BrF2NO3/c11-3-5-1-6(4-14)7(9(15)16)2-8(5)17-10(12)13/h1-2,10H,3H2,(H,15,16). The molecule has 17 heavy (non-hydrogen) atoms. The molecule has 0 fully saturated rings. The van der Waals surface area contributed by atoms with E-state index < -0.39 is 12.6 Å². The van der Waals surface area contributed by atoms with Crippen LogP contribution in [0.2, 0.25) is 0 Å². The first-order valence-corrected chi connectivity index (χ1v) is 5.42. The van der Waals surface area contributed by atoms with Crippen LogP contribution in [-0.4, -0.2) is 17.7 Å². The zero-order valence-corrected chi connectivity index (χ0v) is 9.87. The number of carboxylic acids is 1. The summed E-state index contributed by atoms with van der Waals surface area (Å²) in [6.07, 6.45) is 0. The molecular weight excluding hydrogens is 300 g/mol. The molecule has 0 bridgehead atoms. The summed E-state index contributed by atoms with van der Waals surface area (Å²) >= 11 is 3.04. The molecule has 4 nitrogen and oxygen atoms in total. The van der Waals surface area contributed by atoms with Gasteiger partial charge in [-0.25, -0.2) is 4.79 Å². The van der Waals surface area contributed by atoms with Crippen molar-refractivity contribution in [3.05, 3.63) is 28.8 Å². The molecule has 1 aromatic rings. The van der Waals surface area contributed by atoms with Crippen LogP contribution in [-0.2, 0) is 5.33 Å². The van der Waals surface area contributed by atoms with Gasteiger partial charge in [-0.05, 0) is 12.1 Å². The normalized spacial score (nSPS) is 10.1. The summed E-state index contributed by atoms with van der Waals surface area (Å²) < 4.78 is 28.4. The van der Waals surface area contributed by atoms with Gasteiger partial charge in [0.05, 0.1) is 11.1 Å². The molecule has 0 spiro atoms. The van der Waals surface area contributed by atoms with Crippen molar-refractivity contribution in [3.8, 4) is 11.8 Å². The van der Waals surface area contributed by atoms with Crippen molar-refractivity contribution in [2.24, 2.45) is 0 Å². The molecule has 0 amide bonds. The Balaban J connectivity index is 3.35. The predicted octanol–water partition coefficient (Wildman–Crippen LogP) is 2.75. The van der Waals surface area contributed by atoms with E-state index in [1.165, 1.54) is 6.07 Å². The average molecular weight is 306 g/mol. The minimum absolute atomic E-state index is 0.103. The van der Waals surface area contributed by atoms with Crippen molar-refractivity contribution in [3.63, 3.8) is 0 Å². The molecule has 0 aliphatic carbocycles. The van der Waals surface area contributed by atoms with Crippen molar-refractivity contribution in [2.45, 2.75) is 11.9 Å². The SMILES string of the molecule is N#Cc1cc(CBr)c(OC(F)F)cc1C(=O)O. The van der Waals surface area contributed by atoms with Gasteiger partial charge in [0.15, 0.2) is 0 Å². The second kappa shape index (κ2) is 5.59. The monoisotopic (exact) mass is 305 g/mol. The number of ether oxygens (including phenoxy) is 1. The number of alkyl halides is 3. The molecule has 0 saturated carbocycles. The predicted molar refractivity (Wildman–Crippen MR) is 57.4 cm³/mol. The molecule has 0 heterocycles. The van der Waals surface area contributed by atoms with Gasteiger partial charge in [-0.3, -0.25) is 0 Å². The largest absolute Gasteiger partial charge is 0.478 e. The fourth-order valence-electron chi connectivity index (χ4n) is 1.20. The third-order valence-electron chi connectivity index (χ3n) is 1.91. The highest BCUT2D eigenvalue weighted by Gasteiger charge is 2.17. The Kier molecular flexibility index (Phi) is 4.40. The maximum atomic E-state index is 12.1. The third-order valence-corrected chi connectivity index (χ3v) is 2.52. The molecular formula is C10H6BrF2NO3. The van der Waals surface area contributed by atoms with Crippen LogP contribution in [0.3, 0.4) is 0 Å². The third kappa shape index (κ3) is 3.14. The number of nitrogens with zero attached hydrogens (tertiary/aromatic N) is 1. The molecule has 0 aliphatic heterocycles. The highest BCUT2D eigenvalue weighted by Crippen LogP contribution is 2.27. The number of halogens is 3. The number of hydrogen-bond acceptors (Lipinski definition) is 3. The van der Waals surface area contributed by atoms with E-state index in [-0.39, 0.29) is 27.8 Å². The first kappa shape index (κ1) is 13.4. The number of benzene rings is 1. The first-order chi connectivity index (χ1) is 7.99. The molecule has 90 valence electrons. The van der Waals surface area contributed by atoms with Gasteiger partial charge in [0.25, 0.3) is 0 Å². The average Bonchev–Trinajstić information content (AvgIpc) is 2.27. The van der Waals surface area contributed by atoms with Crippen LogP contribution in [0.15, 0.2) is 12.1 Å². The van der Waals surface area contributed by atoms with Gasteiger partial charge in [0, 0.05) is 10.9 Å². The van der Waals surface area contributed by atoms with E-state index >= 15 is 0 Å². The van der Waals surface area contributed by atoms with E-state index in [1.807, 2.05) is 0 Å². The minimum Gasteiger partial charge on any atom is -0.478 e. The lowest BCUT2D eigenvalue weighted by atomic mass is 10.0. The molecule has 0 aliphatic rings. The van der Waals surface area contributed by atoms with E-state index in [0.717, 1.165) is 6.07 Å². The fourth-order valence-corrected chi connectivity index (χ4v) is 1.64. The van der Waals surface area contributed by atoms with Crippen molar-refractivity contribution < 1.29 is 23.4 Å². The van der Waals surface area contributed by atoms with Crippen LogP contribution in [0.5, 0.6) is 5.75 Å². The van der Waals surface area contributed by atoms with Crippen molar-refractivity contribution in [1.29, 1.82) is 5.26 Å². The van der Waals surface area contributed by atoms with Gasteiger partial charge >= 0.3 is 12.6 Å². The number of carbonyl (C=O) groups is 1. The molecule has 0 radical (unpaired) electrons. The number of hydrogen-bond donors (Lipinski definition) is 1. The molecule has 1 aromatic carbocycles. The van der Waals surface area contributed by atoms with Crippen LogP contribution in [0.25, 0.3) is 0 Å². The Morgan fingerprint density at radius 3 is 2.65 bits per heavy atom. The molecule has 0 saturated heterocycles. The van der Waals surface area contributed by atoms with Gasteiger partial charge < -0.3 is 9.84 Å². The minimum atomic E-state index is -3.05. The highest BCUT2D eigenvalue weighted by molar-refractivity contribution is 9.08. The van der Waals surface area contributed by atoms with Crippen molar-refractivity contribution >= 4 is 21.9 Å². The van der Waals surface area contributed by atoms with Crippen molar-refractivity contribution in [2.75, 3.05) is 0 Å². The molecule has 1 rings (SSSR count). The molecule has 0 unspecified atom stereocenters. The summed E-state index contributed by atoms with van der Waals surface area (Å²) in [7, 11) is 0. The summed E-state index contributed by atoms with van der Waals surface area (Å²) in [5, 5.41) is 17.7. The Bertz CT molecular complexity index is 485. The highest BCUT2D eigenvalue weighted by atomic mass is 79.9. The molecule has 7 heteroatoms. The quantitative estimate of drug-likeness (QED) is 0.868. The van der Waals surface area contributed by atoms with Gasteiger partial charge in [0.1, 0.15) is 11.8 Å². The number of carboxylic acid groups (broad SMARTS) is 1. The lowest BCUT2D eigenvalue weighted by Gasteiger charge is -2.10. The van der Waals surface area contributed by atoms with Gasteiger partial charge in [-0.1, -0.05) is 15.9 Å². The number of nitriles is 1. The van der Waals surface area contributed by atoms with E-state index in [9.17, 15) is 13.6 Å². The fraction of sp³-hybridized carbons (Fsp3) is 0.200. The Morgan fingerprint density at radius 1 is 1.59 bits per heavy atom. The topological polar surface area (TPSA) is 70.3 Å². The zero-order valence-electron chi connectivity index (χ0n) is 8.28. The summed E-state index contributed by atoms with van der Waals surface area (Å²) in [6.45, 7) is -3.05. The van der Waals surface area contributed by atoms with E-state index in [4.69, 9.17) is 10.4 Å². The lowest BCUT2D eigenvalue weighted by molar-refractivity contribution is -0.0503. The second-order valence-electron chi connectivity index (χ2n) is 2.93. The van der Waals surface area contributed by atoms with Crippen LogP contribution >= 0.6 is 15.9 Å². The first-order valence-electron chi connectivity index (χ1n) is 4.30. The van der Waals surface area contributed by atoms with E-state index in [1.54, 1.807) is 6.07 Å². The Hall–Kier alpha value is -1.68. The van der Waals surface area contributed by atoms with Crippen LogP contribution in [0.1, 0.15) is 21.5 Å². The molecule has 0 atom stereocenters. The van der Waals surface area contributed by atoms with Crippen LogP contribution < -0.4 is 4.74 Å². The maximum Gasteiger partial charge on any atom is 0.387 e. The van der Waals surface area contributed by atoms with Crippen LogP contribution in [0.4, 0.5) is 8.78 Å². The summed E-state index contributed by atoms with van der Waals surface area (Å²) in [4.78, 5) is 10.8. The summed E-state index contributed by atoms with van der Waals surface area (Å²) in [5.41, 5.74) is -0.187. The summed E-state index contributed by atoms with van der Waals surface area (Å²) in [5.74, 6) is -1.63. The smallest absolute Gasteiger partial charge is 0.387 e. The van der Waals surface area contributed by atoms with Crippen molar-refractivity contribution in [1.82, 2.24) is 0 Å². The Morgan fingerprint density at radius 2 is 2.24 bits per heavy atom. The maximum absolute atomic E-state index is 12.1. The van der Waals surface area contributed by atoms with E-state index in [2.05, 4.69) is 20.7 Å². The number of rotatable bonds is 4. The summed E-state index contributed by atoms with van der Waals surface area (Å²) in [6, 6.07) is 3.81. The van der Waals surface area contributed by atoms with Gasteiger partial charge in [-0.2, -0.15) is 14.0 Å². The zero-order chi connectivity index (χ0) is 13.0. The van der Waals surface area contributed by atoms with Gasteiger partial charge in [0.2, 0.25) is 0 Å². The number of aromatic carboxylic acids is 1. The Labute approximate surface area is 104 Å². The van der Waals surface area contributed by atoms with E-state index in [0.29, 0.717) is 0 Å². The molecule has 0 aromatic heterocycles. The lowest BCUT2D eigenvalue weighted by Crippen LogP contribution is -2.07. The second-order valence-corrected chi connectivity index (χ2v) is 3.50. The van der Waals surface area contributed by atoms with Gasteiger partial charge in [-0.15, -0.1) is 0 Å².